The van der Waals surface area contributed by atoms with Crippen LogP contribution in [0.4, 0.5) is 11.4 Å². The fourth-order valence-electron chi connectivity index (χ4n) is 3.74. The second kappa shape index (κ2) is 7.80. The molecule has 1 aliphatic rings. The van der Waals surface area contributed by atoms with E-state index in [0.29, 0.717) is 0 Å². The SMILES string of the molecule is Cc1ccc(N2CCN(c3ccc(C)cc3)C2c2cc(Br)c(Br)cc2O)cc1. The van der Waals surface area contributed by atoms with Crippen molar-refractivity contribution in [1.29, 1.82) is 0 Å². The predicted molar refractivity (Wildman–Crippen MR) is 123 cm³/mol. The molecule has 1 fully saturated rings. The van der Waals surface area contributed by atoms with Gasteiger partial charge in [0.2, 0.25) is 0 Å². The zero-order valence-electron chi connectivity index (χ0n) is 15.9. The van der Waals surface area contributed by atoms with E-state index in [9.17, 15) is 5.11 Å². The molecule has 1 aliphatic heterocycles. The number of benzene rings is 3. The van der Waals surface area contributed by atoms with Gasteiger partial charge in [-0.15, -0.1) is 0 Å². The first-order valence-corrected chi connectivity index (χ1v) is 10.9. The lowest BCUT2D eigenvalue weighted by molar-refractivity contribution is 0.461. The number of hydrogen-bond acceptors (Lipinski definition) is 3. The molecule has 4 rings (SSSR count). The summed E-state index contributed by atoms with van der Waals surface area (Å²) in [4.78, 5) is 4.71. The molecule has 0 saturated carbocycles. The summed E-state index contributed by atoms with van der Waals surface area (Å²) >= 11 is 7.09. The van der Waals surface area contributed by atoms with Crippen LogP contribution < -0.4 is 9.80 Å². The van der Waals surface area contributed by atoms with Crippen molar-refractivity contribution >= 4 is 43.2 Å². The summed E-state index contributed by atoms with van der Waals surface area (Å²) in [6.45, 7) is 5.96. The van der Waals surface area contributed by atoms with Gasteiger partial charge >= 0.3 is 0 Å². The highest BCUT2D eigenvalue weighted by molar-refractivity contribution is 9.13. The van der Waals surface area contributed by atoms with Crippen LogP contribution in [0.15, 0.2) is 69.6 Å². The van der Waals surface area contributed by atoms with E-state index in [2.05, 4.69) is 104 Å². The lowest BCUT2D eigenvalue weighted by Crippen LogP contribution is -2.31. The van der Waals surface area contributed by atoms with Gasteiger partial charge in [-0.05, 0) is 82.1 Å². The average molecular weight is 502 g/mol. The van der Waals surface area contributed by atoms with E-state index in [4.69, 9.17) is 0 Å². The number of halogens is 2. The summed E-state index contributed by atoms with van der Waals surface area (Å²) in [6.07, 6.45) is -0.0881. The number of anilines is 2. The number of nitrogens with zero attached hydrogens (tertiary/aromatic N) is 2. The van der Waals surface area contributed by atoms with Crippen molar-refractivity contribution in [2.45, 2.75) is 20.0 Å². The molecule has 0 unspecified atom stereocenters. The zero-order valence-corrected chi connectivity index (χ0v) is 19.0. The second-order valence-electron chi connectivity index (χ2n) is 7.26. The van der Waals surface area contributed by atoms with Crippen LogP contribution in [0.3, 0.4) is 0 Å². The molecule has 0 spiro atoms. The maximum absolute atomic E-state index is 10.8. The Labute approximate surface area is 182 Å². The molecule has 0 radical (unpaired) electrons. The van der Waals surface area contributed by atoms with Gasteiger partial charge in [0.1, 0.15) is 11.9 Å². The van der Waals surface area contributed by atoms with E-state index in [0.717, 1.165) is 39.0 Å². The minimum atomic E-state index is -0.0881. The van der Waals surface area contributed by atoms with Gasteiger partial charge in [0.25, 0.3) is 0 Å². The van der Waals surface area contributed by atoms with Gasteiger partial charge in [-0.25, -0.2) is 0 Å². The Morgan fingerprint density at radius 2 is 1.18 bits per heavy atom. The molecular weight excluding hydrogens is 480 g/mol. The molecule has 0 aromatic heterocycles. The summed E-state index contributed by atoms with van der Waals surface area (Å²) in [5, 5.41) is 10.8. The van der Waals surface area contributed by atoms with Gasteiger partial charge < -0.3 is 14.9 Å². The largest absolute Gasteiger partial charge is 0.507 e. The van der Waals surface area contributed by atoms with Crippen molar-refractivity contribution in [3.63, 3.8) is 0 Å². The maximum Gasteiger partial charge on any atom is 0.132 e. The first-order valence-electron chi connectivity index (χ1n) is 9.28. The molecule has 0 aliphatic carbocycles. The number of hydrogen-bond donors (Lipinski definition) is 1. The van der Waals surface area contributed by atoms with Crippen LogP contribution >= 0.6 is 31.9 Å². The van der Waals surface area contributed by atoms with Crippen molar-refractivity contribution in [2.24, 2.45) is 0 Å². The third-order valence-electron chi connectivity index (χ3n) is 5.25. The van der Waals surface area contributed by atoms with Gasteiger partial charge in [-0.1, -0.05) is 35.4 Å². The Balaban J connectivity index is 1.82. The number of rotatable bonds is 3. The molecule has 28 heavy (non-hydrogen) atoms. The Morgan fingerprint density at radius 3 is 1.64 bits per heavy atom. The molecule has 1 N–H and O–H groups in total. The maximum atomic E-state index is 10.8. The topological polar surface area (TPSA) is 26.7 Å². The van der Waals surface area contributed by atoms with E-state index in [-0.39, 0.29) is 11.9 Å². The summed E-state index contributed by atoms with van der Waals surface area (Å²) in [5.74, 6) is 0.288. The lowest BCUT2D eigenvalue weighted by atomic mass is 10.1. The van der Waals surface area contributed by atoms with Gasteiger partial charge in [0, 0.05) is 39.0 Å². The minimum Gasteiger partial charge on any atom is -0.507 e. The van der Waals surface area contributed by atoms with Crippen LogP contribution in [0.25, 0.3) is 0 Å². The van der Waals surface area contributed by atoms with Crippen molar-refractivity contribution in [3.8, 4) is 5.75 Å². The van der Waals surface area contributed by atoms with Crippen LogP contribution in [0.2, 0.25) is 0 Å². The van der Waals surface area contributed by atoms with Gasteiger partial charge in [-0.2, -0.15) is 0 Å². The standard InChI is InChI=1S/C23H22Br2N2O/c1-15-3-7-17(8-4-15)26-11-12-27(18-9-5-16(2)6-10-18)23(26)19-13-20(24)21(25)14-22(19)28/h3-10,13-14,23,28H,11-12H2,1-2H3. The molecule has 0 atom stereocenters. The average Bonchev–Trinajstić information content (AvgIpc) is 3.10. The zero-order chi connectivity index (χ0) is 19.8. The van der Waals surface area contributed by atoms with Crippen molar-refractivity contribution in [3.05, 3.63) is 86.3 Å². The Bertz CT molecular complexity index is 933. The third kappa shape index (κ3) is 3.65. The summed E-state index contributed by atoms with van der Waals surface area (Å²) in [7, 11) is 0. The van der Waals surface area contributed by atoms with Crippen LogP contribution in [-0.2, 0) is 0 Å². The number of phenolic OH excluding ortho intramolecular Hbond substituents is 1. The Hall–Kier alpha value is -1.98. The summed E-state index contributed by atoms with van der Waals surface area (Å²) < 4.78 is 1.77. The Kier molecular flexibility index (Phi) is 5.39. The lowest BCUT2D eigenvalue weighted by Gasteiger charge is -2.34. The second-order valence-corrected chi connectivity index (χ2v) is 8.97. The van der Waals surface area contributed by atoms with E-state index in [1.165, 1.54) is 11.1 Å². The first-order chi connectivity index (χ1) is 13.4. The predicted octanol–water partition coefficient (Wildman–Crippen LogP) is 6.56. The van der Waals surface area contributed by atoms with Gasteiger partial charge in [0.05, 0.1) is 0 Å². The summed E-state index contributed by atoms with van der Waals surface area (Å²) in [5.41, 5.74) is 5.68. The molecule has 1 saturated heterocycles. The molecule has 0 bridgehead atoms. The third-order valence-corrected chi connectivity index (χ3v) is 7.10. The quantitative estimate of drug-likeness (QED) is 0.440. The molecule has 3 aromatic carbocycles. The fourth-order valence-corrected chi connectivity index (χ4v) is 4.43. The van der Waals surface area contributed by atoms with Crippen molar-refractivity contribution < 1.29 is 5.11 Å². The molecule has 1 heterocycles. The summed E-state index contributed by atoms with van der Waals surface area (Å²) in [6, 6.07) is 21.0. The molecule has 3 aromatic rings. The number of aryl methyl sites for hydroxylation is 2. The molecule has 5 heteroatoms. The molecule has 0 amide bonds. The van der Waals surface area contributed by atoms with Gasteiger partial charge in [0.15, 0.2) is 0 Å². The van der Waals surface area contributed by atoms with Crippen LogP contribution in [0, 0.1) is 13.8 Å². The van der Waals surface area contributed by atoms with Crippen LogP contribution in [0.5, 0.6) is 5.75 Å². The normalized spacial score (nSPS) is 14.7. The fraction of sp³-hybridized carbons (Fsp3) is 0.217. The van der Waals surface area contributed by atoms with E-state index in [1.807, 2.05) is 6.07 Å². The van der Waals surface area contributed by atoms with Crippen LogP contribution in [-0.4, -0.2) is 18.2 Å². The highest BCUT2D eigenvalue weighted by Crippen LogP contribution is 2.43. The Morgan fingerprint density at radius 1 is 0.750 bits per heavy atom. The van der Waals surface area contributed by atoms with E-state index in [1.54, 1.807) is 6.07 Å². The smallest absolute Gasteiger partial charge is 0.132 e. The highest BCUT2D eigenvalue weighted by atomic mass is 79.9. The van der Waals surface area contributed by atoms with Crippen LogP contribution in [0.1, 0.15) is 22.9 Å². The van der Waals surface area contributed by atoms with Crippen molar-refractivity contribution in [2.75, 3.05) is 22.9 Å². The molecular formula is C23H22Br2N2O. The first kappa shape index (κ1) is 19.3. The highest BCUT2D eigenvalue weighted by Gasteiger charge is 2.35. The van der Waals surface area contributed by atoms with Gasteiger partial charge in [-0.3, -0.25) is 0 Å². The van der Waals surface area contributed by atoms with E-state index >= 15 is 0 Å². The minimum absolute atomic E-state index is 0.0881. The molecule has 144 valence electrons. The molecule has 3 nitrogen and oxygen atoms in total. The van der Waals surface area contributed by atoms with E-state index < -0.39 is 0 Å². The monoisotopic (exact) mass is 500 g/mol. The number of phenols is 1. The van der Waals surface area contributed by atoms with Crippen molar-refractivity contribution in [1.82, 2.24) is 0 Å². The number of aromatic hydroxyl groups is 1.